The lowest BCUT2D eigenvalue weighted by molar-refractivity contribution is -0.116. The van der Waals surface area contributed by atoms with Crippen LogP contribution in [0.2, 0.25) is 0 Å². The van der Waals surface area contributed by atoms with Crippen molar-refractivity contribution >= 4 is 17.3 Å². The normalized spacial score (nSPS) is 10.2. The van der Waals surface area contributed by atoms with E-state index in [0.717, 1.165) is 36.3 Å². The Morgan fingerprint density at radius 1 is 1.41 bits per heavy atom. The van der Waals surface area contributed by atoms with Crippen LogP contribution in [0.3, 0.4) is 0 Å². The second-order valence-corrected chi connectivity index (χ2v) is 4.29. The Kier molecular flexibility index (Phi) is 4.82. The average Bonchev–Trinajstić information content (AvgIpc) is 2.24. The van der Waals surface area contributed by atoms with Crippen molar-refractivity contribution in [1.82, 2.24) is 0 Å². The maximum absolute atomic E-state index is 11.1. The number of rotatable bonds is 6. The van der Waals surface area contributed by atoms with Gasteiger partial charge in [-0.2, -0.15) is 0 Å². The Morgan fingerprint density at radius 3 is 2.65 bits per heavy atom. The number of carbonyl (C=O) groups excluding carboxylic acids is 1. The topological polar surface area (TPSA) is 72.3 Å². The van der Waals surface area contributed by atoms with Gasteiger partial charge in [-0.15, -0.1) is 0 Å². The first-order valence-electron chi connectivity index (χ1n) is 5.94. The lowest BCUT2D eigenvalue weighted by atomic mass is 10.1. The number of anilines is 2. The molecule has 0 spiro atoms. The van der Waals surface area contributed by atoms with Gasteiger partial charge >= 0.3 is 0 Å². The number of nitrogen functional groups attached to an aromatic ring is 1. The van der Waals surface area contributed by atoms with Gasteiger partial charge in [0.15, 0.2) is 0 Å². The third-order valence-corrected chi connectivity index (χ3v) is 2.69. The van der Waals surface area contributed by atoms with Gasteiger partial charge in [-0.1, -0.05) is 13.3 Å². The number of nitrogens with zero attached hydrogens (tertiary/aromatic N) is 1. The fraction of sp³-hybridized carbons (Fsp3) is 0.462. The molecule has 0 atom stereocenters. The highest BCUT2D eigenvalue weighted by Crippen LogP contribution is 2.22. The Bertz CT molecular complexity index is 390. The van der Waals surface area contributed by atoms with E-state index in [-0.39, 0.29) is 12.5 Å². The highest BCUT2D eigenvalue weighted by atomic mass is 16.1. The quantitative estimate of drug-likeness (QED) is 0.737. The zero-order valence-corrected chi connectivity index (χ0v) is 10.6. The van der Waals surface area contributed by atoms with Gasteiger partial charge in [0.1, 0.15) is 0 Å². The lowest BCUT2D eigenvalue weighted by Crippen LogP contribution is -2.34. The van der Waals surface area contributed by atoms with E-state index in [0.29, 0.717) is 0 Å². The average molecular weight is 235 g/mol. The van der Waals surface area contributed by atoms with Gasteiger partial charge in [-0.25, -0.2) is 0 Å². The SMILES string of the molecule is CCCCN(CC(N)=O)c1ccc(N)cc1C. The summed E-state index contributed by atoms with van der Waals surface area (Å²) in [4.78, 5) is 13.1. The summed E-state index contributed by atoms with van der Waals surface area (Å²) in [5.74, 6) is -0.308. The zero-order chi connectivity index (χ0) is 12.8. The fourth-order valence-corrected chi connectivity index (χ4v) is 1.86. The standard InChI is InChI=1S/C13H21N3O/c1-3-4-7-16(9-13(15)17)12-6-5-11(14)8-10(12)2/h5-6,8H,3-4,7,9,14H2,1-2H3,(H2,15,17). The molecule has 94 valence electrons. The molecule has 0 aliphatic rings. The van der Waals surface area contributed by atoms with Crippen molar-refractivity contribution < 1.29 is 4.79 Å². The number of carbonyl (C=O) groups is 1. The molecule has 0 aliphatic carbocycles. The largest absolute Gasteiger partial charge is 0.399 e. The van der Waals surface area contributed by atoms with E-state index < -0.39 is 0 Å². The number of benzene rings is 1. The van der Waals surface area contributed by atoms with Crippen molar-refractivity contribution in [2.24, 2.45) is 5.73 Å². The molecule has 1 rings (SSSR count). The molecule has 4 N–H and O–H groups in total. The summed E-state index contributed by atoms with van der Waals surface area (Å²) in [7, 11) is 0. The van der Waals surface area contributed by atoms with Gasteiger partial charge in [0.2, 0.25) is 5.91 Å². The first-order chi connectivity index (χ1) is 8.04. The number of primary amides is 1. The van der Waals surface area contributed by atoms with Crippen LogP contribution in [0.1, 0.15) is 25.3 Å². The number of amides is 1. The van der Waals surface area contributed by atoms with Gasteiger partial charge in [0.05, 0.1) is 6.54 Å². The van der Waals surface area contributed by atoms with E-state index in [1.165, 1.54) is 0 Å². The van der Waals surface area contributed by atoms with Gasteiger partial charge in [0.25, 0.3) is 0 Å². The molecule has 0 bridgehead atoms. The van der Waals surface area contributed by atoms with E-state index in [2.05, 4.69) is 6.92 Å². The van der Waals surface area contributed by atoms with Crippen molar-refractivity contribution in [1.29, 1.82) is 0 Å². The van der Waals surface area contributed by atoms with Gasteiger partial charge in [-0.05, 0) is 37.1 Å². The number of unbranched alkanes of at least 4 members (excludes halogenated alkanes) is 1. The van der Waals surface area contributed by atoms with Crippen molar-refractivity contribution in [2.45, 2.75) is 26.7 Å². The van der Waals surface area contributed by atoms with Crippen LogP contribution in [0.5, 0.6) is 0 Å². The molecular weight excluding hydrogens is 214 g/mol. The molecule has 4 nitrogen and oxygen atoms in total. The lowest BCUT2D eigenvalue weighted by Gasteiger charge is -2.25. The molecule has 0 aromatic heterocycles. The molecule has 0 saturated heterocycles. The molecule has 0 radical (unpaired) electrons. The molecule has 17 heavy (non-hydrogen) atoms. The molecule has 1 aromatic carbocycles. The van der Waals surface area contributed by atoms with Gasteiger partial charge in [-0.3, -0.25) is 4.79 Å². The number of nitrogens with two attached hydrogens (primary N) is 2. The van der Waals surface area contributed by atoms with E-state index in [9.17, 15) is 4.79 Å². The van der Waals surface area contributed by atoms with Crippen molar-refractivity contribution in [3.63, 3.8) is 0 Å². The Hall–Kier alpha value is -1.71. The molecule has 0 fully saturated rings. The first-order valence-corrected chi connectivity index (χ1v) is 5.94. The van der Waals surface area contributed by atoms with Crippen molar-refractivity contribution in [3.05, 3.63) is 23.8 Å². The van der Waals surface area contributed by atoms with E-state index >= 15 is 0 Å². The van der Waals surface area contributed by atoms with Crippen LogP contribution in [-0.4, -0.2) is 19.0 Å². The Morgan fingerprint density at radius 2 is 2.12 bits per heavy atom. The number of hydrogen-bond acceptors (Lipinski definition) is 3. The molecule has 0 saturated carbocycles. The zero-order valence-electron chi connectivity index (χ0n) is 10.6. The highest BCUT2D eigenvalue weighted by molar-refractivity contribution is 5.80. The highest BCUT2D eigenvalue weighted by Gasteiger charge is 2.11. The summed E-state index contributed by atoms with van der Waals surface area (Å²) in [6.07, 6.45) is 2.13. The smallest absolute Gasteiger partial charge is 0.236 e. The van der Waals surface area contributed by atoms with Gasteiger partial charge in [0, 0.05) is 17.9 Å². The summed E-state index contributed by atoms with van der Waals surface area (Å²) in [5.41, 5.74) is 13.8. The molecular formula is C13H21N3O. The second-order valence-electron chi connectivity index (χ2n) is 4.29. The third kappa shape index (κ3) is 3.98. The molecule has 1 aromatic rings. The van der Waals surface area contributed by atoms with Crippen LogP contribution >= 0.6 is 0 Å². The summed E-state index contributed by atoms with van der Waals surface area (Å²) >= 11 is 0. The van der Waals surface area contributed by atoms with Crippen molar-refractivity contribution in [3.8, 4) is 0 Å². The summed E-state index contributed by atoms with van der Waals surface area (Å²) in [6.45, 7) is 5.21. The summed E-state index contributed by atoms with van der Waals surface area (Å²) < 4.78 is 0. The van der Waals surface area contributed by atoms with E-state index in [4.69, 9.17) is 11.5 Å². The second kappa shape index (κ2) is 6.13. The third-order valence-electron chi connectivity index (χ3n) is 2.69. The minimum Gasteiger partial charge on any atom is -0.399 e. The van der Waals surface area contributed by atoms with Crippen LogP contribution in [0.25, 0.3) is 0 Å². The maximum Gasteiger partial charge on any atom is 0.236 e. The minimum absolute atomic E-state index is 0.255. The number of hydrogen-bond donors (Lipinski definition) is 2. The monoisotopic (exact) mass is 235 g/mol. The molecule has 4 heteroatoms. The molecule has 1 amide bonds. The molecule has 0 heterocycles. The first kappa shape index (κ1) is 13.4. The summed E-state index contributed by atoms with van der Waals surface area (Å²) in [6, 6.07) is 5.71. The van der Waals surface area contributed by atoms with Crippen LogP contribution in [0.15, 0.2) is 18.2 Å². The minimum atomic E-state index is -0.308. The molecule has 0 unspecified atom stereocenters. The van der Waals surface area contributed by atoms with E-state index in [1.54, 1.807) is 0 Å². The molecule has 0 aliphatic heterocycles. The fourth-order valence-electron chi connectivity index (χ4n) is 1.86. The van der Waals surface area contributed by atoms with Crippen LogP contribution in [0, 0.1) is 6.92 Å². The van der Waals surface area contributed by atoms with Crippen LogP contribution < -0.4 is 16.4 Å². The predicted molar refractivity (Wildman–Crippen MR) is 71.9 cm³/mol. The van der Waals surface area contributed by atoms with Gasteiger partial charge < -0.3 is 16.4 Å². The Balaban J connectivity index is 2.90. The number of aryl methyl sites for hydroxylation is 1. The summed E-state index contributed by atoms with van der Waals surface area (Å²) in [5, 5.41) is 0. The van der Waals surface area contributed by atoms with Crippen molar-refractivity contribution in [2.75, 3.05) is 23.7 Å². The van der Waals surface area contributed by atoms with E-state index in [1.807, 2.05) is 30.0 Å². The Labute approximate surface area is 103 Å². The van der Waals surface area contributed by atoms with Crippen LogP contribution in [-0.2, 0) is 4.79 Å². The van der Waals surface area contributed by atoms with Crippen LogP contribution in [0.4, 0.5) is 11.4 Å². The maximum atomic E-state index is 11.1. The predicted octanol–water partition coefficient (Wildman–Crippen LogP) is 1.67.